The van der Waals surface area contributed by atoms with Gasteiger partial charge in [-0.1, -0.05) is 0 Å². The number of rotatable bonds is 2. The van der Waals surface area contributed by atoms with Gasteiger partial charge < -0.3 is 10.3 Å². The van der Waals surface area contributed by atoms with Gasteiger partial charge in [0.25, 0.3) is 0 Å². The first-order valence-electron chi connectivity index (χ1n) is 5.70. The maximum Gasteiger partial charge on any atom is 0.202 e. The van der Waals surface area contributed by atoms with Crippen molar-refractivity contribution in [3.8, 4) is 0 Å². The van der Waals surface area contributed by atoms with Crippen LogP contribution in [0.5, 0.6) is 0 Å². The first kappa shape index (κ1) is 10.8. The van der Waals surface area contributed by atoms with Crippen LogP contribution < -0.4 is 5.73 Å². The average molecular weight is 242 g/mol. The zero-order chi connectivity index (χ0) is 12.7. The number of fused-ring (bicyclic) bond motifs is 1. The fraction of sp³-hybridized carbons (Fsp3) is 0.250. The van der Waals surface area contributed by atoms with Crippen molar-refractivity contribution in [2.24, 2.45) is 7.05 Å². The smallest absolute Gasteiger partial charge is 0.202 e. The van der Waals surface area contributed by atoms with E-state index in [1.165, 1.54) is 0 Å². The lowest BCUT2D eigenvalue weighted by Crippen LogP contribution is -2.09. The minimum Gasteiger partial charge on any atom is -0.369 e. The van der Waals surface area contributed by atoms with Crippen LogP contribution in [0.2, 0.25) is 0 Å². The lowest BCUT2D eigenvalue weighted by Gasteiger charge is -2.06. The number of imidazole rings is 2. The second kappa shape index (κ2) is 3.83. The van der Waals surface area contributed by atoms with Crippen molar-refractivity contribution in [3.05, 3.63) is 36.0 Å². The van der Waals surface area contributed by atoms with Crippen LogP contribution in [-0.2, 0) is 13.6 Å². The molecule has 3 rings (SSSR count). The number of nitrogens with zero attached hydrogens (tertiary/aromatic N) is 5. The molecule has 0 saturated heterocycles. The number of nitrogen functional groups attached to an aromatic ring is 1. The molecule has 0 atom stereocenters. The molecule has 0 aromatic carbocycles. The van der Waals surface area contributed by atoms with E-state index in [4.69, 9.17) is 5.73 Å². The number of aromatic nitrogens is 5. The average Bonchev–Trinajstić information content (AvgIpc) is 2.86. The fourth-order valence-electron chi connectivity index (χ4n) is 1.96. The number of hydrogen-bond acceptors (Lipinski definition) is 4. The van der Waals surface area contributed by atoms with Gasteiger partial charge in [0.15, 0.2) is 5.65 Å². The summed E-state index contributed by atoms with van der Waals surface area (Å²) in [7, 11) is 1.95. The molecule has 92 valence electrons. The van der Waals surface area contributed by atoms with Gasteiger partial charge in [0, 0.05) is 25.1 Å². The summed E-state index contributed by atoms with van der Waals surface area (Å²) >= 11 is 0. The summed E-state index contributed by atoms with van der Waals surface area (Å²) < 4.78 is 3.84. The van der Waals surface area contributed by atoms with Gasteiger partial charge in [0.1, 0.15) is 11.3 Å². The third-order valence-corrected chi connectivity index (χ3v) is 2.98. The quantitative estimate of drug-likeness (QED) is 0.730. The maximum atomic E-state index is 5.94. The molecule has 0 saturated carbocycles. The van der Waals surface area contributed by atoms with Crippen LogP contribution in [-0.4, -0.2) is 24.1 Å². The van der Waals surface area contributed by atoms with E-state index in [0.29, 0.717) is 12.5 Å². The van der Waals surface area contributed by atoms with E-state index in [9.17, 15) is 0 Å². The van der Waals surface area contributed by atoms with E-state index in [1.807, 2.05) is 41.4 Å². The Kier molecular flexibility index (Phi) is 2.29. The maximum absolute atomic E-state index is 5.94. The molecular formula is C12H14N6. The normalized spacial score (nSPS) is 11.2. The second-order valence-corrected chi connectivity index (χ2v) is 4.31. The van der Waals surface area contributed by atoms with Gasteiger partial charge >= 0.3 is 0 Å². The van der Waals surface area contributed by atoms with E-state index in [0.717, 1.165) is 22.7 Å². The standard InChI is InChI=1S/C12H14N6/c1-8-3-4-9-11(15-8)18(12(13)16-9)7-10-14-5-6-17(10)2/h3-6H,7H2,1-2H3,(H2,13,16). The van der Waals surface area contributed by atoms with Gasteiger partial charge in [0.2, 0.25) is 5.95 Å². The Morgan fingerprint density at radius 2 is 2.11 bits per heavy atom. The van der Waals surface area contributed by atoms with Crippen molar-refractivity contribution in [1.82, 2.24) is 24.1 Å². The topological polar surface area (TPSA) is 74.5 Å². The predicted octanol–water partition coefficient (Wildman–Crippen LogP) is 1.10. The molecule has 3 aromatic rings. The first-order chi connectivity index (χ1) is 8.65. The van der Waals surface area contributed by atoms with Gasteiger partial charge in [-0.25, -0.2) is 15.0 Å². The van der Waals surface area contributed by atoms with Gasteiger partial charge in [-0.2, -0.15) is 0 Å². The van der Waals surface area contributed by atoms with E-state index < -0.39 is 0 Å². The summed E-state index contributed by atoms with van der Waals surface area (Å²) in [6.07, 6.45) is 3.67. The van der Waals surface area contributed by atoms with Crippen molar-refractivity contribution >= 4 is 17.1 Å². The zero-order valence-corrected chi connectivity index (χ0v) is 10.3. The lowest BCUT2D eigenvalue weighted by atomic mass is 10.3. The van der Waals surface area contributed by atoms with Crippen LogP contribution in [0.25, 0.3) is 11.2 Å². The summed E-state index contributed by atoms with van der Waals surface area (Å²) in [5.74, 6) is 1.38. The Labute approximate surface area is 104 Å². The number of aryl methyl sites for hydroxylation is 2. The third kappa shape index (κ3) is 1.62. The lowest BCUT2D eigenvalue weighted by molar-refractivity contribution is 0.715. The van der Waals surface area contributed by atoms with Crippen molar-refractivity contribution < 1.29 is 0 Å². The van der Waals surface area contributed by atoms with Crippen LogP contribution in [0, 0.1) is 6.92 Å². The Morgan fingerprint density at radius 1 is 1.28 bits per heavy atom. The summed E-state index contributed by atoms with van der Waals surface area (Å²) in [5, 5.41) is 0. The molecule has 0 spiro atoms. The molecule has 2 N–H and O–H groups in total. The molecule has 3 heterocycles. The van der Waals surface area contributed by atoms with Gasteiger partial charge in [0.05, 0.1) is 6.54 Å². The van der Waals surface area contributed by atoms with E-state index in [2.05, 4.69) is 15.0 Å². The van der Waals surface area contributed by atoms with E-state index in [-0.39, 0.29) is 0 Å². The molecule has 0 unspecified atom stereocenters. The molecule has 0 bridgehead atoms. The monoisotopic (exact) mass is 242 g/mol. The molecule has 18 heavy (non-hydrogen) atoms. The minimum absolute atomic E-state index is 0.464. The van der Waals surface area contributed by atoms with Crippen molar-refractivity contribution in [2.75, 3.05) is 5.73 Å². The number of pyridine rings is 1. The molecule has 6 heteroatoms. The van der Waals surface area contributed by atoms with Crippen LogP contribution in [0.4, 0.5) is 5.95 Å². The Hall–Kier alpha value is -2.37. The van der Waals surface area contributed by atoms with Crippen molar-refractivity contribution in [1.29, 1.82) is 0 Å². The van der Waals surface area contributed by atoms with E-state index in [1.54, 1.807) is 6.20 Å². The van der Waals surface area contributed by atoms with Crippen LogP contribution in [0.1, 0.15) is 11.5 Å². The molecule has 0 aliphatic carbocycles. The highest BCUT2D eigenvalue weighted by atomic mass is 15.2. The Balaban J connectivity index is 2.13. The number of hydrogen-bond donors (Lipinski definition) is 1. The Morgan fingerprint density at radius 3 is 2.83 bits per heavy atom. The number of anilines is 1. The molecule has 0 radical (unpaired) electrons. The molecular weight excluding hydrogens is 228 g/mol. The zero-order valence-electron chi connectivity index (χ0n) is 10.3. The Bertz CT molecular complexity index is 709. The number of nitrogens with two attached hydrogens (primary N) is 1. The second-order valence-electron chi connectivity index (χ2n) is 4.31. The highest BCUT2D eigenvalue weighted by molar-refractivity contribution is 5.74. The SMILES string of the molecule is Cc1ccc2nc(N)n(Cc3nccn3C)c2n1. The molecule has 0 fully saturated rings. The predicted molar refractivity (Wildman–Crippen MR) is 69.0 cm³/mol. The highest BCUT2D eigenvalue weighted by Crippen LogP contribution is 2.17. The summed E-state index contributed by atoms with van der Waals surface area (Å²) in [4.78, 5) is 13.1. The molecule has 0 aliphatic rings. The largest absolute Gasteiger partial charge is 0.369 e. The molecule has 3 aromatic heterocycles. The minimum atomic E-state index is 0.464. The van der Waals surface area contributed by atoms with Crippen LogP contribution >= 0.6 is 0 Å². The molecule has 0 amide bonds. The summed E-state index contributed by atoms with van der Waals surface area (Å²) in [6, 6.07) is 3.86. The summed E-state index contributed by atoms with van der Waals surface area (Å²) in [5.41, 5.74) is 8.51. The fourth-order valence-corrected chi connectivity index (χ4v) is 1.96. The van der Waals surface area contributed by atoms with Crippen LogP contribution in [0.3, 0.4) is 0 Å². The van der Waals surface area contributed by atoms with Gasteiger partial charge in [-0.3, -0.25) is 4.57 Å². The van der Waals surface area contributed by atoms with Gasteiger partial charge in [-0.15, -0.1) is 0 Å². The van der Waals surface area contributed by atoms with Crippen LogP contribution in [0.15, 0.2) is 24.5 Å². The summed E-state index contributed by atoms with van der Waals surface area (Å²) in [6.45, 7) is 2.52. The van der Waals surface area contributed by atoms with Crippen molar-refractivity contribution in [3.63, 3.8) is 0 Å². The first-order valence-corrected chi connectivity index (χ1v) is 5.70. The van der Waals surface area contributed by atoms with Crippen molar-refractivity contribution in [2.45, 2.75) is 13.5 Å². The van der Waals surface area contributed by atoms with Gasteiger partial charge in [-0.05, 0) is 19.1 Å². The molecule has 0 aliphatic heterocycles. The third-order valence-electron chi connectivity index (χ3n) is 2.98. The van der Waals surface area contributed by atoms with E-state index >= 15 is 0 Å². The highest BCUT2D eigenvalue weighted by Gasteiger charge is 2.11. The molecule has 6 nitrogen and oxygen atoms in total.